The van der Waals surface area contributed by atoms with Crippen LogP contribution in [0, 0.1) is 0 Å². The van der Waals surface area contributed by atoms with E-state index in [1.165, 1.54) is 25.4 Å². The zero-order chi connectivity index (χ0) is 21.8. The van der Waals surface area contributed by atoms with Crippen molar-refractivity contribution in [3.63, 3.8) is 0 Å². The molecule has 0 spiro atoms. The SMILES string of the molecule is COc1cccc2c1C(=O)OC2(C)c1[nH]c2ccncc2c1S(=O)(=O)c1ccccc1. The molecule has 0 amide bonds. The Kier molecular flexibility index (Phi) is 4.16. The molecule has 1 unspecified atom stereocenters. The van der Waals surface area contributed by atoms with E-state index < -0.39 is 21.4 Å². The molecule has 1 aliphatic heterocycles. The lowest BCUT2D eigenvalue weighted by molar-refractivity contribution is 0.0157. The van der Waals surface area contributed by atoms with Crippen LogP contribution in [0.5, 0.6) is 5.75 Å². The van der Waals surface area contributed by atoms with Gasteiger partial charge in [0, 0.05) is 23.3 Å². The monoisotopic (exact) mass is 434 g/mol. The van der Waals surface area contributed by atoms with Gasteiger partial charge in [-0.05, 0) is 31.2 Å². The average Bonchev–Trinajstić information content (AvgIpc) is 3.31. The molecule has 0 fully saturated rings. The number of H-pyrrole nitrogens is 1. The number of aromatic amines is 1. The van der Waals surface area contributed by atoms with Gasteiger partial charge in [0.15, 0.2) is 5.60 Å². The molecule has 0 aliphatic carbocycles. The van der Waals surface area contributed by atoms with Crippen molar-refractivity contribution in [2.45, 2.75) is 22.3 Å². The molecule has 0 radical (unpaired) electrons. The van der Waals surface area contributed by atoms with Crippen LogP contribution in [0.3, 0.4) is 0 Å². The largest absolute Gasteiger partial charge is 0.496 e. The lowest BCUT2D eigenvalue weighted by Gasteiger charge is -2.24. The molecule has 1 aliphatic rings. The van der Waals surface area contributed by atoms with E-state index in [4.69, 9.17) is 9.47 Å². The van der Waals surface area contributed by atoms with Crippen LogP contribution in [0.4, 0.5) is 0 Å². The minimum Gasteiger partial charge on any atom is -0.496 e. The maximum Gasteiger partial charge on any atom is 0.343 e. The summed E-state index contributed by atoms with van der Waals surface area (Å²) in [4.78, 5) is 20.3. The number of nitrogens with zero attached hydrogens (tertiary/aromatic N) is 1. The molecule has 31 heavy (non-hydrogen) atoms. The summed E-state index contributed by atoms with van der Waals surface area (Å²) in [5, 5.41) is 0.426. The van der Waals surface area contributed by atoms with Crippen LogP contribution in [0.25, 0.3) is 10.9 Å². The van der Waals surface area contributed by atoms with E-state index in [1.807, 2.05) is 0 Å². The normalized spacial score (nSPS) is 18.1. The van der Waals surface area contributed by atoms with E-state index in [2.05, 4.69) is 9.97 Å². The number of methoxy groups -OCH3 is 1. The Morgan fingerprint density at radius 1 is 1.06 bits per heavy atom. The molecule has 2 aromatic carbocycles. The lowest BCUT2D eigenvalue weighted by atomic mass is 9.90. The molecule has 0 saturated heterocycles. The Labute approximate surface area is 178 Å². The van der Waals surface area contributed by atoms with Gasteiger partial charge in [0.25, 0.3) is 0 Å². The third-order valence-electron chi connectivity index (χ3n) is 5.61. The van der Waals surface area contributed by atoms with Crippen molar-refractivity contribution in [1.29, 1.82) is 0 Å². The minimum absolute atomic E-state index is 0.0350. The van der Waals surface area contributed by atoms with Gasteiger partial charge in [0.05, 0.1) is 23.2 Å². The highest BCUT2D eigenvalue weighted by molar-refractivity contribution is 7.91. The van der Waals surface area contributed by atoms with Gasteiger partial charge in [-0.15, -0.1) is 0 Å². The van der Waals surface area contributed by atoms with Gasteiger partial charge >= 0.3 is 5.97 Å². The predicted molar refractivity (Wildman–Crippen MR) is 113 cm³/mol. The number of fused-ring (bicyclic) bond motifs is 2. The summed E-state index contributed by atoms with van der Waals surface area (Å²) in [5.74, 6) is -0.203. The number of carbonyl (C=O) groups is 1. The van der Waals surface area contributed by atoms with Crippen molar-refractivity contribution in [2.75, 3.05) is 7.11 Å². The van der Waals surface area contributed by atoms with E-state index in [-0.39, 0.29) is 21.0 Å². The highest BCUT2D eigenvalue weighted by Gasteiger charge is 2.49. The second-order valence-corrected chi connectivity index (χ2v) is 9.26. The lowest BCUT2D eigenvalue weighted by Crippen LogP contribution is -2.26. The number of rotatable bonds is 4. The molecule has 5 rings (SSSR count). The van der Waals surface area contributed by atoms with Crippen LogP contribution in [0.1, 0.15) is 28.5 Å². The van der Waals surface area contributed by atoms with Gasteiger partial charge in [-0.2, -0.15) is 0 Å². The van der Waals surface area contributed by atoms with Gasteiger partial charge in [-0.3, -0.25) is 4.98 Å². The van der Waals surface area contributed by atoms with Gasteiger partial charge in [-0.1, -0.05) is 30.3 Å². The Morgan fingerprint density at radius 2 is 1.84 bits per heavy atom. The molecule has 1 atom stereocenters. The van der Waals surface area contributed by atoms with Crippen molar-refractivity contribution in [3.05, 3.63) is 83.8 Å². The van der Waals surface area contributed by atoms with E-state index in [1.54, 1.807) is 55.6 Å². The van der Waals surface area contributed by atoms with E-state index in [9.17, 15) is 13.2 Å². The number of pyridine rings is 1. The van der Waals surface area contributed by atoms with Crippen LogP contribution < -0.4 is 4.74 Å². The highest BCUT2D eigenvalue weighted by atomic mass is 32.2. The molecule has 0 saturated carbocycles. The van der Waals surface area contributed by atoms with Crippen LogP contribution >= 0.6 is 0 Å². The zero-order valence-electron chi connectivity index (χ0n) is 16.7. The van der Waals surface area contributed by atoms with E-state index >= 15 is 0 Å². The number of benzene rings is 2. The van der Waals surface area contributed by atoms with Crippen molar-refractivity contribution in [2.24, 2.45) is 0 Å². The average molecular weight is 434 g/mol. The quantitative estimate of drug-likeness (QED) is 0.490. The maximum atomic E-state index is 13.7. The fourth-order valence-electron chi connectivity index (χ4n) is 4.13. The van der Waals surface area contributed by atoms with Gasteiger partial charge in [0.1, 0.15) is 16.2 Å². The molecule has 3 heterocycles. The van der Waals surface area contributed by atoms with Crippen LogP contribution in [-0.2, 0) is 20.2 Å². The first-order valence-corrected chi connectivity index (χ1v) is 11.0. The Hall–Kier alpha value is -3.65. The van der Waals surface area contributed by atoms with Crippen molar-refractivity contribution in [1.82, 2.24) is 9.97 Å². The maximum absolute atomic E-state index is 13.7. The summed E-state index contributed by atoms with van der Waals surface area (Å²) in [6.07, 6.45) is 3.07. The van der Waals surface area contributed by atoms with Gasteiger partial charge in [0.2, 0.25) is 9.84 Å². The number of ether oxygens (including phenoxy) is 2. The number of sulfone groups is 1. The molecular weight excluding hydrogens is 416 g/mol. The molecular formula is C23H18N2O5S. The standard InChI is InChI=1S/C23H18N2O5S/c1-23(16-9-6-10-18(29-2)19(16)22(26)30-23)21-20(15-13-24-12-11-17(15)25-21)31(27,28)14-7-4-3-5-8-14/h3-13,25H,1-2H3. The summed E-state index contributed by atoms with van der Waals surface area (Å²) < 4.78 is 38.6. The summed E-state index contributed by atoms with van der Waals surface area (Å²) in [6.45, 7) is 1.68. The molecule has 4 aromatic rings. The molecule has 0 bridgehead atoms. The predicted octanol–water partition coefficient (Wildman–Crippen LogP) is 3.84. The van der Waals surface area contributed by atoms with E-state index in [0.717, 1.165) is 0 Å². The summed E-state index contributed by atoms with van der Waals surface area (Å²) >= 11 is 0. The zero-order valence-corrected chi connectivity index (χ0v) is 17.6. The number of nitrogens with one attached hydrogen (secondary N) is 1. The number of aromatic nitrogens is 2. The third-order valence-corrected chi connectivity index (χ3v) is 7.47. The number of carbonyl (C=O) groups excluding carboxylic acids is 1. The summed E-state index contributed by atoms with van der Waals surface area (Å²) in [7, 11) is -2.49. The highest BCUT2D eigenvalue weighted by Crippen LogP contribution is 2.48. The number of esters is 1. The molecule has 1 N–H and O–H groups in total. The van der Waals surface area contributed by atoms with Crippen LogP contribution in [0.2, 0.25) is 0 Å². The smallest absolute Gasteiger partial charge is 0.343 e. The van der Waals surface area contributed by atoms with E-state index in [0.29, 0.717) is 22.2 Å². The Balaban J connectivity index is 1.85. The third kappa shape index (κ3) is 2.68. The van der Waals surface area contributed by atoms with Crippen molar-refractivity contribution < 1.29 is 22.7 Å². The fourth-order valence-corrected chi connectivity index (χ4v) is 5.85. The number of cyclic esters (lactones) is 1. The Morgan fingerprint density at radius 3 is 2.58 bits per heavy atom. The Bertz CT molecular complexity index is 1440. The summed E-state index contributed by atoms with van der Waals surface area (Å²) in [5.41, 5.74) is 0.290. The van der Waals surface area contributed by atoms with Crippen LogP contribution in [-0.4, -0.2) is 31.5 Å². The first kappa shape index (κ1) is 19.3. The molecule has 7 nitrogen and oxygen atoms in total. The molecule has 156 valence electrons. The first-order chi connectivity index (χ1) is 14.9. The molecule has 2 aromatic heterocycles. The number of hydrogen-bond acceptors (Lipinski definition) is 6. The first-order valence-electron chi connectivity index (χ1n) is 9.55. The second kappa shape index (κ2) is 6.68. The second-order valence-electron chi connectivity index (χ2n) is 7.37. The van der Waals surface area contributed by atoms with Crippen molar-refractivity contribution in [3.8, 4) is 5.75 Å². The summed E-state index contributed by atoms with van der Waals surface area (Å²) in [6, 6.07) is 15.0. The minimum atomic E-state index is -3.96. The number of hydrogen-bond donors (Lipinski definition) is 1. The van der Waals surface area contributed by atoms with Crippen LogP contribution in [0.15, 0.2) is 76.8 Å². The topological polar surface area (TPSA) is 98.3 Å². The van der Waals surface area contributed by atoms with Crippen molar-refractivity contribution >= 4 is 26.7 Å². The fraction of sp³-hybridized carbons (Fsp3) is 0.130. The van der Waals surface area contributed by atoms with Gasteiger partial charge in [-0.25, -0.2) is 13.2 Å². The molecule has 8 heteroatoms. The van der Waals surface area contributed by atoms with Gasteiger partial charge < -0.3 is 14.5 Å².